The molecule has 1 aromatic rings. The van der Waals surface area contributed by atoms with Crippen LogP contribution in [0.1, 0.15) is 99.2 Å². The molecule has 0 bridgehead atoms. The molecule has 0 saturated carbocycles. The number of hydrogen-bond donors (Lipinski definition) is 2. The normalized spacial score (nSPS) is 14.3. The van der Waals surface area contributed by atoms with Gasteiger partial charge in [0.15, 0.2) is 0 Å². The fourth-order valence-electron chi connectivity index (χ4n) is 3.76. The molecule has 1 rings (SSSR count). The summed E-state index contributed by atoms with van der Waals surface area (Å²) in [5.41, 5.74) is -0.100. The van der Waals surface area contributed by atoms with Crippen molar-refractivity contribution in [3.63, 3.8) is 0 Å². The Morgan fingerprint density at radius 2 is 1.56 bits per heavy atom. The maximum Gasteiger partial charge on any atom is 0.408 e. The molecule has 3 amide bonds. The number of hydrogen-bond acceptors (Lipinski definition) is 4. The molecule has 200 valence electrons. The molecule has 7 nitrogen and oxygen atoms in total. The summed E-state index contributed by atoms with van der Waals surface area (Å²) in [4.78, 5) is 42.3. The zero-order valence-corrected chi connectivity index (χ0v) is 23.7. The van der Waals surface area contributed by atoms with Crippen molar-refractivity contribution in [3.05, 3.63) is 35.4 Å². The minimum atomic E-state index is -0.923. The molecule has 3 unspecified atom stereocenters. The van der Waals surface area contributed by atoms with E-state index in [0.29, 0.717) is 24.0 Å². The molecule has 2 N–H and O–H groups in total. The topological polar surface area (TPSA) is 87.7 Å². The molecule has 0 heterocycles. The average Bonchev–Trinajstić information content (AvgIpc) is 2.78. The largest absolute Gasteiger partial charge is 0.444 e. The van der Waals surface area contributed by atoms with Gasteiger partial charge in [-0.2, -0.15) is 0 Å². The van der Waals surface area contributed by atoms with Crippen LogP contribution < -0.4 is 10.6 Å². The van der Waals surface area contributed by atoms with Gasteiger partial charge >= 0.3 is 6.09 Å². The first-order valence-corrected chi connectivity index (χ1v) is 12.8. The van der Waals surface area contributed by atoms with Crippen LogP contribution in [0.25, 0.3) is 0 Å². The monoisotopic (exact) mass is 499 g/mol. The van der Waals surface area contributed by atoms with Gasteiger partial charge in [0.2, 0.25) is 11.8 Å². The van der Waals surface area contributed by atoms with Crippen LogP contribution in [0.3, 0.4) is 0 Å². The van der Waals surface area contributed by atoms with Crippen LogP contribution in [0.5, 0.6) is 0 Å². The van der Waals surface area contributed by atoms with Gasteiger partial charge in [-0.3, -0.25) is 9.59 Å². The summed E-state index contributed by atoms with van der Waals surface area (Å²) >= 11 is 0. The second kappa shape index (κ2) is 12.8. The minimum Gasteiger partial charge on any atom is -0.444 e. The Morgan fingerprint density at radius 3 is 1.97 bits per heavy atom. The molecule has 3 atom stereocenters. The van der Waals surface area contributed by atoms with E-state index in [2.05, 4.69) is 16.6 Å². The van der Waals surface area contributed by atoms with Gasteiger partial charge < -0.3 is 20.3 Å². The van der Waals surface area contributed by atoms with Gasteiger partial charge in [-0.1, -0.05) is 45.2 Å². The molecule has 0 aliphatic carbocycles. The number of alkyl carbamates (subject to hydrolysis) is 1. The molecule has 36 heavy (non-hydrogen) atoms. The fraction of sp³-hybridized carbons (Fsp3) is 0.621. The third kappa shape index (κ3) is 8.58. The average molecular weight is 500 g/mol. The van der Waals surface area contributed by atoms with Crippen molar-refractivity contribution in [2.24, 2.45) is 5.92 Å². The number of nitrogens with zero attached hydrogens (tertiary/aromatic N) is 1. The van der Waals surface area contributed by atoms with Gasteiger partial charge in [-0.25, -0.2) is 4.79 Å². The van der Waals surface area contributed by atoms with Crippen molar-refractivity contribution in [2.75, 3.05) is 0 Å². The van der Waals surface area contributed by atoms with E-state index in [1.165, 1.54) is 0 Å². The van der Waals surface area contributed by atoms with Gasteiger partial charge in [0.1, 0.15) is 17.7 Å². The van der Waals surface area contributed by atoms with E-state index in [1.54, 1.807) is 49.9 Å². The molecule has 0 aromatic heterocycles. The number of rotatable bonds is 10. The zero-order chi connectivity index (χ0) is 27.8. The summed E-state index contributed by atoms with van der Waals surface area (Å²) in [6.07, 6.45) is 6.10. The second-order valence-electron chi connectivity index (χ2n) is 11.2. The van der Waals surface area contributed by atoms with Crippen LogP contribution in [0, 0.1) is 18.3 Å². The summed E-state index contributed by atoms with van der Waals surface area (Å²) in [6.45, 7) is 18.7. The quantitative estimate of drug-likeness (QED) is 0.434. The molecule has 0 saturated heterocycles. The molecule has 0 aliphatic rings. The highest BCUT2D eigenvalue weighted by molar-refractivity contribution is 5.93. The molecule has 1 aromatic carbocycles. The maximum absolute atomic E-state index is 14.3. The summed E-state index contributed by atoms with van der Waals surface area (Å²) in [7, 11) is 0. The van der Waals surface area contributed by atoms with Crippen LogP contribution >= 0.6 is 0 Å². The number of carbonyl (C=O) groups excluding carboxylic acids is 3. The molecule has 0 aliphatic heterocycles. The summed E-state index contributed by atoms with van der Waals surface area (Å²) in [5.74, 6) is 1.75. The van der Waals surface area contributed by atoms with Crippen LogP contribution in [0.2, 0.25) is 0 Å². The van der Waals surface area contributed by atoms with Crippen molar-refractivity contribution >= 4 is 17.9 Å². The van der Waals surface area contributed by atoms with E-state index in [1.807, 2.05) is 48.5 Å². The Bertz CT molecular complexity index is 939. The van der Waals surface area contributed by atoms with E-state index in [0.717, 1.165) is 0 Å². The zero-order valence-electron chi connectivity index (χ0n) is 23.7. The summed E-state index contributed by atoms with van der Waals surface area (Å²) in [5, 5.41) is 5.76. The fourth-order valence-corrected chi connectivity index (χ4v) is 3.76. The lowest BCUT2D eigenvalue weighted by Gasteiger charge is -2.45. The molecular formula is C29H45N3O4. The lowest BCUT2D eigenvalue weighted by molar-refractivity contribution is -0.150. The lowest BCUT2D eigenvalue weighted by Crippen LogP contribution is -2.61. The van der Waals surface area contributed by atoms with E-state index in [9.17, 15) is 14.4 Å². The van der Waals surface area contributed by atoms with Gasteiger partial charge in [-0.15, -0.1) is 6.42 Å². The molecule has 7 heteroatoms. The Hall–Kier alpha value is -3.01. The Kier molecular flexibility index (Phi) is 11.0. The van der Waals surface area contributed by atoms with Gasteiger partial charge in [0.05, 0.1) is 0 Å². The van der Waals surface area contributed by atoms with Gasteiger partial charge in [-0.05, 0) is 78.5 Å². The third-order valence-electron chi connectivity index (χ3n) is 6.24. The third-order valence-corrected chi connectivity index (χ3v) is 6.24. The predicted octanol–water partition coefficient (Wildman–Crippen LogP) is 5.19. The summed E-state index contributed by atoms with van der Waals surface area (Å²) < 4.78 is 5.46. The van der Waals surface area contributed by atoms with Crippen molar-refractivity contribution in [1.29, 1.82) is 0 Å². The van der Waals surface area contributed by atoms with Crippen LogP contribution in [0.4, 0.5) is 4.79 Å². The number of carbonyl (C=O) groups is 3. The Labute approximate surface area is 217 Å². The Morgan fingerprint density at radius 1 is 1.00 bits per heavy atom. The predicted molar refractivity (Wildman–Crippen MR) is 144 cm³/mol. The van der Waals surface area contributed by atoms with Crippen molar-refractivity contribution in [3.8, 4) is 12.3 Å². The number of benzene rings is 1. The van der Waals surface area contributed by atoms with Gasteiger partial charge in [0, 0.05) is 17.1 Å². The molecule has 0 spiro atoms. The van der Waals surface area contributed by atoms with E-state index in [4.69, 9.17) is 11.2 Å². The maximum atomic E-state index is 14.3. The molecular weight excluding hydrogens is 454 g/mol. The first-order valence-electron chi connectivity index (χ1n) is 12.8. The second-order valence-corrected chi connectivity index (χ2v) is 11.2. The highest BCUT2D eigenvalue weighted by atomic mass is 16.6. The summed E-state index contributed by atoms with van der Waals surface area (Å²) in [6, 6.07) is 5.16. The van der Waals surface area contributed by atoms with Gasteiger partial charge in [0.25, 0.3) is 0 Å². The molecule has 0 fully saturated rings. The highest BCUT2D eigenvalue weighted by Gasteiger charge is 2.44. The smallest absolute Gasteiger partial charge is 0.408 e. The van der Waals surface area contributed by atoms with E-state index in [-0.39, 0.29) is 23.8 Å². The van der Waals surface area contributed by atoms with E-state index >= 15 is 0 Å². The highest BCUT2D eigenvalue weighted by Crippen LogP contribution is 2.33. The number of terminal acetylenes is 1. The molecule has 0 radical (unpaired) electrons. The van der Waals surface area contributed by atoms with Crippen LogP contribution in [0.15, 0.2) is 24.3 Å². The van der Waals surface area contributed by atoms with Crippen molar-refractivity contribution < 1.29 is 19.1 Å². The number of amides is 3. The van der Waals surface area contributed by atoms with Crippen LogP contribution in [-0.2, 0) is 14.3 Å². The Balaban J connectivity index is 3.68. The first kappa shape index (κ1) is 31.0. The standard InChI is InChI=1S/C29H45N3O4/c1-12-20(6)23(31-27(35)36-28(7,8)9)26(34)32(29(10,11)14-3)24(25(33)30-19(4)5)22-17-15-21(13-2)16-18-22/h2,15-20,23-24H,12,14H2,1,3-11H3,(H,30,33)(H,31,35). The van der Waals surface area contributed by atoms with Crippen molar-refractivity contribution in [2.45, 2.75) is 111 Å². The lowest BCUT2D eigenvalue weighted by atomic mass is 9.89. The minimum absolute atomic E-state index is 0.128. The first-order chi connectivity index (χ1) is 16.6. The van der Waals surface area contributed by atoms with E-state index < -0.39 is 29.3 Å². The number of nitrogens with one attached hydrogen (secondary N) is 2. The van der Waals surface area contributed by atoms with Crippen molar-refractivity contribution in [1.82, 2.24) is 15.5 Å². The van der Waals surface area contributed by atoms with Crippen LogP contribution in [-0.4, -0.2) is 46.0 Å². The SMILES string of the molecule is C#Cc1ccc(C(C(=O)NC(C)C)N(C(=O)C(NC(=O)OC(C)(C)C)C(C)CC)C(C)(C)CC)cc1. The number of ether oxygens (including phenoxy) is 1.